The lowest BCUT2D eigenvalue weighted by atomic mass is 10.2. The van der Waals surface area contributed by atoms with Crippen molar-refractivity contribution in [2.45, 2.75) is 17.6 Å². The first-order valence-electron chi connectivity index (χ1n) is 5.40. The molecule has 1 unspecified atom stereocenters. The lowest BCUT2D eigenvalue weighted by Crippen LogP contribution is -2.01. The number of benzene rings is 1. The molecule has 0 aliphatic rings. The van der Waals surface area contributed by atoms with Crippen molar-refractivity contribution in [1.29, 1.82) is 0 Å². The van der Waals surface area contributed by atoms with Crippen molar-refractivity contribution in [1.82, 2.24) is 4.98 Å². The van der Waals surface area contributed by atoms with E-state index in [9.17, 15) is 4.21 Å². The second-order valence-corrected chi connectivity index (χ2v) is 6.38. The average molecular weight is 325 g/mol. The number of nitrogens with two attached hydrogens (primary N) is 1. The van der Waals surface area contributed by atoms with E-state index >= 15 is 0 Å². The van der Waals surface area contributed by atoms with E-state index in [1.807, 2.05) is 25.1 Å². The quantitative estimate of drug-likeness (QED) is 0.883. The van der Waals surface area contributed by atoms with Crippen LogP contribution in [0.4, 0.5) is 5.69 Å². The molecule has 0 fully saturated rings. The van der Waals surface area contributed by atoms with Gasteiger partial charge in [-0.2, -0.15) is 0 Å². The van der Waals surface area contributed by atoms with Gasteiger partial charge in [-0.05, 0) is 52.2 Å². The van der Waals surface area contributed by atoms with E-state index in [0.717, 1.165) is 15.6 Å². The molecule has 0 saturated heterocycles. The molecule has 0 aliphatic heterocycles. The molecule has 18 heavy (non-hydrogen) atoms. The Labute approximate surface area is 117 Å². The largest absolute Gasteiger partial charge is 0.398 e. The van der Waals surface area contributed by atoms with Crippen molar-refractivity contribution in [3.63, 3.8) is 0 Å². The molecule has 1 heterocycles. The van der Waals surface area contributed by atoms with Gasteiger partial charge in [0.15, 0.2) is 0 Å². The number of halogens is 1. The van der Waals surface area contributed by atoms with Gasteiger partial charge in [0.2, 0.25) is 0 Å². The smallest absolute Gasteiger partial charge is 0.0623 e. The van der Waals surface area contributed by atoms with Crippen LogP contribution in [0.2, 0.25) is 0 Å². The Hall–Kier alpha value is -1.20. The Balaban J connectivity index is 2.24. The van der Waals surface area contributed by atoms with Crippen molar-refractivity contribution in [2.24, 2.45) is 0 Å². The van der Waals surface area contributed by atoms with E-state index in [2.05, 4.69) is 20.9 Å². The normalized spacial score (nSPS) is 12.3. The van der Waals surface area contributed by atoms with Gasteiger partial charge in [0.05, 0.1) is 21.4 Å². The molecule has 5 heteroatoms. The molecular weight excluding hydrogens is 312 g/mol. The van der Waals surface area contributed by atoms with Crippen LogP contribution in [0.5, 0.6) is 0 Å². The Morgan fingerprint density at radius 2 is 2.11 bits per heavy atom. The molecule has 1 atom stereocenters. The van der Waals surface area contributed by atoms with E-state index in [4.69, 9.17) is 5.73 Å². The fourth-order valence-electron chi connectivity index (χ4n) is 1.60. The predicted molar refractivity (Wildman–Crippen MR) is 77.6 cm³/mol. The average Bonchev–Trinajstić information content (AvgIpc) is 2.32. The minimum atomic E-state index is -1.15. The third-order valence-electron chi connectivity index (χ3n) is 2.47. The minimum Gasteiger partial charge on any atom is -0.398 e. The van der Waals surface area contributed by atoms with Crippen molar-refractivity contribution in [3.05, 3.63) is 52.3 Å². The van der Waals surface area contributed by atoms with Gasteiger partial charge in [-0.1, -0.05) is 6.07 Å². The molecule has 2 rings (SSSR count). The van der Waals surface area contributed by atoms with Crippen LogP contribution >= 0.6 is 15.9 Å². The van der Waals surface area contributed by atoms with Gasteiger partial charge in [-0.3, -0.25) is 9.19 Å². The van der Waals surface area contributed by atoms with Crippen molar-refractivity contribution < 1.29 is 4.21 Å². The number of rotatable bonds is 3. The lowest BCUT2D eigenvalue weighted by Gasteiger charge is -2.07. The molecule has 0 saturated carbocycles. The Kier molecular flexibility index (Phi) is 4.14. The molecule has 94 valence electrons. The summed E-state index contributed by atoms with van der Waals surface area (Å²) in [6, 6.07) is 7.49. The zero-order valence-electron chi connectivity index (χ0n) is 9.89. The topological polar surface area (TPSA) is 56.0 Å². The summed E-state index contributed by atoms with van der Waals surface area (Å²) in [6.07, 6.45) is 3.42. The first-order valence-corrected chi connectivity index (χ1v) is 7.51. The molecule has 0 amide bonds. The van der Waals surface area contributed by atoms with Gasteiger partial charge in [-0.25, -0.2) is 0 Å². The minimum absolute atomic E-state index is 0.417. The van der Waals surface area contributed by atoms with Crippen LogP contribution in [-0.2, 0) is 16.6 Å². The molecule has 0 aliphatic carbocycles. The maximum absolute atomic E-state index is 12.3. The van der Waals surface area contributed by atoms with Crippen LogP contribution in [0.1, 0.15) is 11.1 Å². The second-order valence-electron chi connectivity index (χ2n) is 4.04. The Bertz CT molecular complexity index is 601. The summed E-state index contributed by atoms with van der Waals surface area (Å²) in [5, 5.41) is 0. The van der Waals surface area contributed by atoms with Gasteiger partial charge >= 0.3 is 0 Å². The second kappa shape index (κ2) is 5.63. The summed E-state index contributed by atoms with van der Waals surface area (Å²) < 4.78 is 13.2. The van der Waals surface area contributed by atoms with E-state index in [0.29, 0.717) is 16.3 Å². The Morgan fingerprint density at radius 3 is 2.83 bits per heavy atom. The van der Waals surface area contributed by atoms with Crippen molar-refractivity contribution in [3.8, 4) is 0 Å². The van der Waals surface area contributed by atoms with Crippen LogP contribution < -0.4 is 5.73 Å². The third-order valence-corrected chi connectivity index (χ3v) is 4.35. The van der Waals surface area contributed by atoms with Gasteiger partial charge in [0.25, 0.3) is 0 Å². The van der Waals surface area contributed by atoms with Crippen molar-refractivity contribution in [2.75, 3.05) is 5.73 Å². The van der Waals surface area contributed by atoms with Crippen LogP contribution in [0.15, 0.2) is 46.0 Å². The van der Waals surface area contributed by atoms with Gasteiger partial charge < -0.3 is 5.73 Å². The molecule has 0 bridgehead atoms. The molecule has 0 spiro atoms. The molecule has 2 aromatic rings. The number of nitrogen functional groups attached to an aromatic ring is 1. The van der Waals surface area contributed by atoms with E-state index in [1.54, 1.807) is 18.5 Å². The lowest BCUT2D eigenvalue weighted by molar-refractivity contribution is 0.682. The highest BCUT2D eigenvalue weighted by atomic mass is 79.9. The van der Waals surface area contributed by atoms with E-state index in [-0.39, 0.29) is 0 Å². The fraction of sp³-hybridized carbons (Fsp3) is 0.154. The van der Waals surface area contributed by atoms with Crippen LogP contribution in [0.3, 0.4) is 0 Å². The number of pyridine rings is 1. The number of aryl methyl sites for hydroxylation is 1. The number of hydrogen-bond acceptors (Lipinski definition) is 3. The van der Waals surface area contributed by atoms with Crippen LogP contribution in [0.25, 0.3) is 0 Å². The summed E-state index contributed by atoms with van der Waals surface area (Å²) >= 11 is 3.35. The molecule has 0 radical (unpaired) electrons. The fourth-order valence-corrected chi connectivity index (χ4v) is 3.28. The predicted octanol–water partition coefficient (Wildman–Crippen LogP) is 3.04. The summed E-state index contributed by atoms with van der Waals surface area (Å²) in [5.74, 6) is 0.417. The summed E-state index contributed by atoms with van der Waals surface area (Å²) in [4.78, 5) is 4.75. The molecule has 1 aromatic heterocycles. The standard InChI is InChI=1S/C13H13BrN2OS/c1-9-2-3-12(15)13(4-9)18(17)8-10-5-11(14)7-16-6-10/h2-7H,8,15H2,1H3. The SMILES string of the molecule is Cc1ccc(N)c(S(=O)Cc2cncc(Br)c2)c1. The number of aromatic nitrogens is 1. The van der Waals surface area contributed by atoms with Gasteiger partial charge in [0, 0.05) is 22.6 Å². The molecule has 1 aromatic carbocycles. The zero-order valence-corrected chi connectivity index (χ0v) is 12.3. The maximum atomic E-state index is 12.3. The molecular formula is C13H13BrN2OS. The number of hydrogen-bond donors (Lipinski definition) is 1. The first kappa shape index (κ1) is 13.2. The van der Waals surface area contributed by atoms with Crippen molar-refractivity contribution >= 4 is 32.4 Å². The Morgan fingerprint density at radius 1 is 1.33 bits per heavy atom. The molecule has 2 N–H and O–H groups in total. The number of nitrogens with zero attached hydrogens (tertiary/aromatic N) is 1. The zero-order chi connectivity index (χ0) is 13.1. The summed E-state index contributed by atoms with van der Waals surface area (Å²) in [5.41, 5.74) is 8.40. The van der Waals surface area contributed by atoms with Crippen LogP contribution in [-0.4, -0.2) is 9.19 Å². The van der Waals surface area contributed by atoms with E-state index in [1.165, 1.54) is 0 Å². The maximum Gasteiger partial charge on any atom is 0.0623 e. The highest BCUT2D eigenvalue weighted by molar-refractivity contribution is 9.10. The third kappa shape index (κ3) is 3.17. The van der Waals surface area contributed by atoms with Gasteiger partial charge in [-0.15, -0.1) is 0 Å². The van der Waals surface area contributed by atoms with E-state index < -0.39 is 10.8 Å². The highest BCUT2D eigenvalue weighted by Gasteiger charge is 2.09. The highest BCUT2D eigenvalue weighted by Crippen LogP contribution is 2.21. The summed E-state index contributed by atoms with van der Waals surface area (Å²) in [7, 11) is -1.15. The first-order chi connectivity index (χ1) is 8.56. The van der Waals surface area contributed by atoms with Gasteiger partial charge in [0.1, 0.15) is 0 Å². The number of anilines is 1. The van der Waals surface area contributed by atoms with Crippen LogP contribution in [0, 0.1) is 6.92 Å². The monoisotopic (exact) mass is 324 g/mol. The summed E-state index contributed by atoms with van der Waals surface area (Å²) in [6.45, 7) is 1.96. The molecule has 3 nitrogen and oxygen atoms in total.